The molecule has 2 aromatic heterocycles. The fourth-order valence-corrected chi connectivity index (χ4v) is 3.99. The summed E-state index contributed by atoms with van der Waals surface area (Å²) in [5.41, 5.74) is 0.852. The highest BCUT2D eigenvalue weighted by Gasteiger charge is 2.27. The zero-order valence-electron chi connectivity index (χ0n) is 15.6. The van der Waals surface area contributed by atoms with Crippen molar-refractivity contribution in [2.24, 2.45) is 18.0 Å². The van der Waals surface area contributed by atoms with Crippen LogP contribution in [0, 0.1) is 5.92 Å². The number of aromatic nitrogens is 2. The summed E-state index contributed by atoms with van der Waals surface area (Å²) in [4.78, 5) is 22.1. The van der Waals surface area contributed by atoms with Gasteiger partial charge < -0.3 is 15.1 Å². The number of nitrogens with zero attached hydrogens (tertiary/aromatic N) is 5. The van der Waals surface area contributed by atoms with Gasteiger partial charge in [-0.05, 0) is 23.8 Å². The van der Waals surface area contributed by atoms with Gasteiger partial charge in [0, 0.05) is 44.8 Å². The topological polar surface area (TPSA) is 65.8 Å². The molecule has 26 heavy (non-hydrogen) atoms. The third kappa shape index (κ3) is 4.43. The van der Waals surface area contributed by atoms with Crippen molar-refractivity contribution in [2.75, 3.05) is 38.1 Å². The second kappa shape index (κ2) is 8.35. The number of anilines is 1. The summed E-state index contributed by atoms with van der Waals surface area (Å²) >= 11 is 1.79. The number of aliphatic imine (C=N–C) groups is 1. The Morgan fingerprint density at radius 1 is 1.46 bits per heavy atom. The molecule has 140 valence electrons. The Morgan fingerprint density at radius 3 is 2.92 bits per heavy atom. The Balaban J connectivity index is 1.52. The van der Waals surface area contributed by atoms with Crippen molar-refractivity contribution in [1.82, 2.24) is 20.0 Å². The third-order valence-electron chi connectivity index (χ3n) is 4.47. The Hall–Kier alpha value is -2.35. The van der Waals surface area contributed by atoms with Crippen LogP contribution in [0.4, 0.5) is 5.69 Å². The van der Waals surface area contributed by atoms with Gasteiger partial charge >= 0.3 is 0 Å². The van der Waals surface area contributed by atoms with Crippen molar-refractivity contribution in [2.45, 2.75) is 13.3 Å². The summed E-state index contributed by atoms with van der Waals surface area (Å²) in [5.74, 6) is 1.36. The zero-order valence-corrected chi connectivity index (χ0v) is 16.4. The van der Waals surface area contributed by atoms with Crippen LogP contribution in [0.15, 0.2) is 34.9 Å². The smallest absolute Gasteiger partial charge is 0.246 e. The monoisotopic (exact) mass is 374 g/mol. The maximum atomic E-state index is 12.6. The Morgan fingerprint density at radius 2 is 2.31 bits per heavy atom. The Bertz CT molecular complexity index is 754. The van der Waals surface area contributed by atoms with E-state index in [2.05, 4.69) is 39.8 Å². The van der Waals surface area contributed by atoms with E-state index in [9.17, 15) is 4.79 Å². The SMILES string of the molecule is CN=C(NCC(C)Cc1cccs1)N1CCN(c2cnn(C)c2)C(=O)C1. The van der Waals surface area contributed by atoms with Crippen LogP contribution in [0.1, 0.15) is 11.8 Å². The van der Waals surface area contributed by atoms with Crippen molar-refractivity contribution in [3.05, 3.63) is 34.8 Å². The molecular formula is C18H26N6OS. The van der Waals surface area contributed by atoms with E-state index in [0.29, 0.717) is 19.0 Å². The molecule has 3 heterocycles. The van der Waals surface area contributed by atoms with Crippen LogP contribution in [-0.4, -0.2) is 59.8 Å². The summed E-state index contributed by atoms with van der Waals surface area (Å²) < 4.78 is 1.71. The van der Waals surface area contributed by atoms with Crippen LogP contribution >= 0.6 is 11.3 Å². The normalized spacial score (nSPS) is 16.9. The van der Waals surface area contributed by atoms with E-state index in [0.717, 1.165) is 31.2 Å². The molecule has 1 atom stereocenters. The molecule has 0 radical (unpaired) electrons. The largest absolute Gasteiger partial charge is 0.356 e. The van der Waals surface area contributed by atoms with Gasteiger partial charge in [0.2, 0.25) is 5.91 Å². The lowest BCUT2D eigenvalue weighted by atomic mass is 10.1. The standard InChI is InChI=1S/C18H26N6OS/c1-14(9-16-5-4-8-26-16)10-20-18(19-2)23-6-7-24(17(25)13-23)15-11-21-22(3)12-15/h4-5,8,11-12,14H,6-7,9-10,13H2,1-3H3,(H,19,20). The van der Waals surface area contributed by atoms with Gasteiger partial charge in [0.05, 0.1) is 11.9 Å². The van der Waals surface area contributed by atoms with E-state index in [1.165, 1.54) is 4.88 Å². The van der Waals surface area contributed by atoms with Crippen molar-refractivity contribution < 1.29 is 4.79 Å². The highest BCUT2D eigenvalue weighted by Crippen LogP contribution is 2.16. The second-order valence-electron chi connectivity index (χ2n) is 6.66. The second-order valence-corrected chi connectivity index (χ2v) is 7.69. The average Bonchev–Trinajstić information content (AvgIpc) is 3.27. The number of aryl methyl sites for hydroxylation is 1. The summed E-state index contributed by atoms with van der Waals surface area (Å²) in [6, 6.07) is 4.26. The van der Waals surface area contributed by atoms with Gasteiger partial charge in [-0.3, -0.25) is 14.5 Å². The van der Waals surface area contributed by atoms with Gasteiger partial charge in [-0.2, -0.15) is 5.10 Å². The predicted molar refractivity (Wildman–Crippen MR) is 106 cm³/mol. The Kier molecular flexibility index (Phi) is 5.92. The van der Waals surface area contributed by atoms with Gasteiger partial charge in [-0.1, -0.05) is 13.0 Å². The van der Waals surface area contributed by atoms with Crippen LogP contribution < -0.4 is 10.2 Å². The number of piperazine rings is 1. The van der Waals surface area contributed by atoms with E-state index in [1.807, 2.05) is 18.1 Å². The highest BCUT2D eigenvalue weighted by atomic mass is 32.1. The molecule has 0 aliphatic carbocycles. The highest BCUT2D eigenvalue weighted by molar-refractivity contribution is 7.09. The first-order valence-electron chi connectivity index (χ1n) is 8.84. The minimum atomic E-state index is 0.0684. The van der Waals surface area contributed by atoms with Gasteiger partial charge in [0.15, 0.2) is 5.96 Å². The van der Waals surface area contributed by atoms with Crippen molar-refractivity contribution in [3.8, 4) is 0 Å². The molecule has 2 aromatic rings. The number of carbonyl (C=O) groups excluding carboxylic acids is 1. The van der Waals surface area contributed by atoms with Crippen molar-refractivity contribution in [1.29, 1.82) is 0 Å². The van der Waals surface area contributed by atoms with Gasteiger partial charge in [-0.25, -0.2) is 0 Å². The van der Waals surface area contributed by atoms with E-state index < -0.39 is 0 Å². The third-order valence-corrected chi connectivity index (χ3v) is 5.37. The first-order valence-corrected chi connectivity index (χ1v) is 9.71. The lowest BCUT2D eigenvalue weighted by Crippen LogP contribution is -2.55. The summed E-state index contributed by atoms with van der Waals surface area (Å²) in [7, 11) is 3.62. The summed E-state index contributed by atoms with van der Waals surface area (Å²) in [6.07, 6.45) is 4.65. The average molecular weight is 375 g/mol. The van der Waals surface area contributed by atoms with E-state index in [4.69, 9.17) is 0 Å². The molecule has 0 bridgehead atoms. The molecule has 1 aliphatic heterocycles. The molecule has 7 nitrogen and oxygen atoms in total. The summed E-state index contributed by atoms with van der Waals surface area (Å²) in [6.45, 7) is 4.77. The first-order chi connectivity index (χ1) is 12.6. The number of guanidine groups is 1. The molecule has 1 unspecified atom stereocenters. The number of amides is 1. The fourth-order valence-electron chi connectivity index (χ4n) is 3.12. The molecule has 1 amide bonds. The molecular weight excluding hydrogens is 348 g/mol. The molecule has 1 N–H and O–H groups in total. The number of hydrogen-bond donors (Lipinski definition) is 1. The van der Waals surface area contributed by atoms with Crippen LogP contribution in [0.3, 0.4) is 0 Å². The fraction of sp³-hybridized carbons (Fsp3) is 0.500. The van der Waals surface area contributed by atoms with Crippen LogP contribution in [0.5, 0.6) is 0 Å². The maximum absolute atomic E-state index is 12.6. The number of hydrogen-bond acceptors (Lipinski definition) is 4. The molecule has 0 spiro atoms. The number of rotatable bonds is 5. The summed E-state index contributed by atoms with van der Waals surface area (Å²) in [5, 5.41) is 9.69. The number of thiophene rings is 1. The quantitative estimate of drug-likeness (QED) is 0.638. The van der Waals surface area contributed by atoms with Crippen molar-refractivity contribution >= 4 is 28.9 Å². The molecule has 1 aliphatic rings. The van der Waals surface area contributed by atoms with Crippen LogP contribution in [-0.2, 0) is 18.3 Å². The van der Waals surface area contributed by atoms with Gasteiger partial charge in [0.1, 0.15) is 6.54 Å². The first kappa shape index (κ1) is 18.4. The Labute approximate surface area is 158 Å². The number of carbonyl (C=O) groups is 1. The van der Waals surface area contributed by atoms with Crippen molar-refractivity contribution in [3.63, 3.8) is 0 Å². The number of nitrogens with one attached hydrogen (secondary N) is 1. The minimum Gasteiger partial charge on any atom is -0.356 e. The van der Waals surface area contributed by atoms with E-state index in [1.54, 1.807) is 34.2 Å². The lowest BCUT2D eigenvalue weighted by molar-refractivity contribution is -0.120. The van der Waals surface area contributed by atoms with Crippen LogP contribution in [0.25, 0.3) is 0 Å². The van der Waals surface area contributed by atoms with E-state index >= 15 is 0 Å². The minimum absolute atomic E-state index is 0.0684. The molecule has 1 saturated heterocycles. The maximum Gasteiger partial charge on any atom is 0.246 e. The predicted octanol–water partition coefficient (Wildman–Crippen LogP) is 1.58. The van der Waals surface area contributed by atoms with Crippen LogP contribution in [0.2, 0.25) is 0 Å². The van der Waals surface area contributed by atoms with Gasteiger partial charge in [0.25, 0.3) is 0 Å². The van der Waals surface area contributed by atoms with Gasteiger partial charge in [-0.15, -0.1) is 11.3 Å². The molecule has 1 fully saturated rings. The zero-order chi connectivity index (χ0) is 18.5. The molecule has 0 saturated carbocycles. The van der Waals surface area contributed by atoms with E-state index in [-0.39, 0.29) is 5.91 Å². The molecule has 3 rings (SSSR count). The lowest BCUT2D eigenvalue weighted by Gasteiger charge is -2.35. The molecule has 0 aromatic carbocycles. The molecule has 8 heteroatoms.